The van der Waals surface area contributed by atoms with Crippen LogP contribution in [0.5, 0.6) is 23.1 Å². The van der Waals surface area contributed by atoms with Gasteiger partial charge in [0.2, 0.25) is 5.88 Å². The fourth-order valence-corrected chi connectivity index (χ4v) is 4.24. The maximum absolute atomic E-state index is 12.7. The van der Waals surface area contributed by atoms with Gasteiger partial charge in [-0.2, -0.15) is 4.98 Å². The van der Waals surface area contributed by atoms with Gasteiger partial charge >= 0.3 is 5.69 Å². The molecule has 0 spiro atoms. The summed E-state index contributed by atoms with van der Waals surface area (Å²) in [6, 6.07) is 15.4. The molecule has 1 atom stereocenters. The van der Waals surface area contributed by atoms with Crippen LogP contribution >= 0.6 is 0 Å². The van der Waals surface area contributed by atoms with Crippen LogP contribution in [0, 0.1) is 0 Å². The van der Waals surface area contributed by atoms with Crippen molar-refractivity contribution in [3.8, 4) is 34.4 Å². The summed E-state index contributed by atoms with van der Waals surface area (Å²) in [5.41, 5.74) is 2.65. The van der Waals surface area contributed by atoms with Gasteiger partial charge in [0.05, 0.1) is 12.3 Å². The Bertz CT molecular complexity index is 1220. The molecule has 1 aromatic heterocycles. The van der Waals surface area contributed by atoms with Crippen LogP contribution in [0.1, 0.15) is 12.0 Å². The van der Waals surface area contributed by atoms with Crippen molar-refractivity contribution in [1.29, 1.82) is 0 Å². The van der Waals surface area contributed by atoms with Crippen LogP contribution in [0.4, 0.5) is 0 Å². The van der Waals surface area contributed by atoms with Gasteiger partial charge in [0.25, 0.3) is 0 Å². The molecule has 0 saturated carbocycles. The van der Waals surface area contributed by atoms with Gasteiger partial charge in [0, 0.05) is 24.7 Å². The molecule has 3 aromatic rings. The lowest BCUT2D eigenvalue weighted by atomic mass is 9.97. The Morgan fingerprint density at radius 1 is 1.12 bits per heavy atom. The van der Waals surface area contributed by atoms with Crippen molar-refractivity contribution in [3.63, 3.8) is 0 Å². The molecule has 0 bridgehead atoms. The van der Waals surface area contributed by atoms with Gasteiger partial charge in [-0.05, 0) is 62.8 Å². The Morgan fingerprint density at radius 2 is 1.97 bits per heavy atom. The molecule has 0 aliphatic carbocycles. The molecule has 1 unspecified atom stereocenters. The Kier molecular flexibility index (Phi) is 6.40. The largest absolute Gasteiger partial charge is 0.494 e. The maximum atomic E-state index is 12.7. The van der Waals surface area contributed by atoms with Crippen molar-refractivity contribution in [2.75, 3.05) is 40.5 Å². The minimum absolute atomic E-state index is 0.233. The van der Waals surface area contributed by atoms with E-state index in [-0.39, 0.29) is 24.3 Å². The molecule has 0 radical (unpaired) electrons. The van der Waals surface area contributed by atoms with E-state index in [1.165, 1.54) is 0 Å². The van der Waals surface area contributed by atoms with E-state index in [2.05, 4.69) is 30.0 Å². The summed E-state index contributed by atoms with van der Waals surface area (Å²) in [4.78, 5) is 19.0. The number of fused-ring (bicyclic) bond motifs is 4. The molecule has 34 heavy (non-hydrogen) atoms. The molecule has 2 aromatic carbocycles. The second-order valence-corrected chi connectivity index (χ2v) is 8.80. The normalized spacial score (nSPS) is 16.0. The van der Waals surface area contributed by atoms with Crippen molar-refractivity contribution in [3.05, 3.63) is 64.6 Å². The smallest absolute Gasteiger partial charge is 0.351 e. The quantitative estimate of drug-likeness (QED) is 0.476. The topological polar surface area (TPSA) is 75.1 Å². The van der Waals surface area contributed by atoms with E-state index in [0.717, 1.165) is 47.7 Å². The van der Waals surface area contributed by atoms with Gasteiger partial charge in [-0.3, -0.25) is 4.57 Å². The average Bonchev–Trinajstić information content (AvgIpc) is 2.85. The molecule has 8 heteroatoms. The summed E-state index contributed by atoms with van der Waals surface area (Å²) in [7, 11) is 4.11. The number of hydrogen-bond donors (Lipinski definition) is 0. The summed E-state index contributed by atoms with van der Waals surface area (Å²) in [5.74, 6) is 2.56. The molecule has 3 heterocycles. The van der Waals surface area contributed by atoms with E-state index < -0.39 is 0 Å². The minimum atomic E-state index is -0.312. The van der Waals surface area contributed by atoms with Gasteiger partial charge in [0.1, 0.15) is 19.0 Å². The molecule has 0 saturated heterocycles. The Balaban J connectivity index is 1.28. The Labute approximate surface area is 198 Å². The Hall–Kier alpha value is -3.52. The molecule has 2 aliphatic heterocycles. The highest BCUT2D eigenvalue weighted by Crippen LogP contribution is 2.33. The van der Waals surface area contributed by atoms with Crippen molar-refractivity contribution in [2.45, 2.75) is 25.5 Å². The van der Waals surface area contributed by atoms with Crippen LogP contribution in [0.3, 0.4) is 0 Å². The number of rotatable bonds is 8. The first-order valence-corrected chi connectivity index (χ1v) is 11.6. The zero-order valence-corrected chi connectivity index (χ0v) is 19.5. The van der Waals surface area contributed by atoms with Crippen molar-refractivity contribution in [2.24, 2.45) is 0 Å². The van der Waals surface area contributed by atoms with Crippen LogP contribution in [0.2, 0.25) is 0 Å². The predicted molar refractivity (Wildman–Crippen MR) is 128 cm³/mol. The first-order valence-electron chi connectivity index (χ1n) is 11.6. The highest BCUT2D eigenvalue weighted by atomic mass is 16.6. The summed E-state index contributed by atoms with van der Waals surface area (Å²) in [5, 5.41) is 0. The number of benzene rings is 2. The molecule has 5 rings (SSSR count). The minimum Gasteiger partial charge on any atom is -0.494 e. The lowest BCUT2D eigenvalue weighted by molar-refractivity contribution is 0.0520. The fraction of sp³-hybridized carbons (Fsp3) is 0.385. The monoisotopic (exact) mass is 463 g/mol. The van der Waals surface area contributed by atoms with E-state index >= 15 is 0 Å². The Morgan fingerprint density at radius 3 is 2.82 bits per heavy atom. The second kappa shape index (κ2) is 9.77. The van der Waals surface area contributed by atoms with Gasteiger partial charge in [-0.1, -0.05) is 12.1 Å². The van der Waals surface area contributed by atoms with E-state index in [1.54, 1.807) is 4.57 Å². The average molecular weight is 464 g/mol. The summed E-state index contributed by atoms with van der Waals surface area (Å²) in [6.45, 7) is 2.85. The third-order valence-corrected chi connectivity index (χ3v) is 5.95. The van der Waals surface area contributed by atoms with Crippen LogP contribution < -0.4 is 24.6 Å². The second-order valence-electron chi connectivity index (χ2n) is 8.80. The molecule has 0 N–H and O–H groups in total. The van der Waals surface area contributed by atoms with E-state index in [4.69, 9.17) is 18.9 Å². The highest BCUT2D eigenvalue weighted by Gasteiger charge is 2.23. The number of hydrogen-bond acceptors (Lipinski definition) is 7. The van der Waals surface area contributed by atoms with Crippen molar-refractivity contribution in [1.82, 2.24) is 14.5 Å². The summed E-state index contributed by atoms with van der Waals surface area (Å²) >= 11 is 0. The molecule has 0 amide bonds. The number of nitrogens with zero attached hydrogens (tertiary/aromatic N) is 3. The predicted octanol–water partition coefficient (Wildman–Crippen LogP) is 3.02. The maximum Gasteiger partial charge on any atom is 0.351 e. The van der Waals surface area contributed by atoms with Crippen LogP contribution in [0.15, 0.2) is 53.3 Å². The summed E-state index contributed by atoms with van der Waals surface area (Å²) in [6.07, 6.45) is 1.44. The third kappa shape index (κ3) is 4.87. The van der Waals surface area contributed by atoms with Crippen LogP contribution in [-0.4, -0.2) is 61.0 Å². The number of aromatic nitrogens is 2. The van der Waals surface area contributed by atoms with Gasteiger partial charge in [-0.15, -0.1) is 0 Å². The molecule has 2 aliphatic rings. The molecule has 0 fully saturated rings. The molecular weight excluding hydrogens is 434 g/mol. The lowest BCUT2D eigenvalue weighted by Crippen LogP contribution is -2.35. The van der Waals surface area contributed by atoms with Gasteiger partial charge in [0.15, 0.2) is 17.6 Å². The van der Waals surface area contributed by atoms with Crippen molar-refractivity contribution >= 4 is 0 Å². The molecule has 8 nitrogen and oxygen atoms in total. The van der Waals surface area contributed by atoms with E-state index in [1.807, 2.05) is 42.5 Å². The first kappa shape index (κ1) is 22.3. The van der Waals surface area contributed by atoms with Crippen LogP contribution in [-0.2, 0) is 13.0 Å². The third-order valence-electron chi connectivity index (χ3n) is 5.95. The van der Waals surface area contributed by atoms with Gasteiger partial charge < -0.3 is 23.8 Å². The van der Waals surface area contributed by atoms with Crippen molar-refractivity contribution < 1.29 is 18.9 Å². The number of para-hydroxylation sites is 2. The van der Waals surface area contributed by atoms with Gasteiger partial charge in [-0.25, -0.2) is 4.79 Å². The number of aryl methyl sites for hydroxylation is 1. The lowest BCUT2D eigenvalue weighted by Gasteiger charge is -2.26. The zero-order valence-electron chi connectivity index (χ0n) is 19.5. The molecule has 178 valence electrons. The van der Waals surface area contributed by atoms with E-state index in [9.17, 15) is 4.79 Å². The highest BCUT2D eigenvalue weighted by molar-refractivity contribution is 5.67. The zero-order chi connectivity index (χ0) is 23.5. The fourth-order valence-electron chi connectivity index (χ4n) is 4.24. The SMILES string of the molecule is CN(C)CCCOc1ccc2c(c1)CCn1c-2cc(OCC2COc3ccccc3O2)nc1=O. The van der Waals surface area contributed by atoms with E-state index in [0.29, 0.717) is 25.5 Å². The van der Waals surface area contributed by atoms with Crippen LogP contribution in [0.25, 0.3) is 11.3 Å². The molecular formula is C26H29N3O5. The first-order chi connectivity index (χ1) is 16.6. The standard InChI is InChI=1S/C26H29N3O5/c1-28(2)11-5-13-31-19-8-9-21-18(14-19)10-12-29-22(21)15-25(27-26(29)30)33-17-20-16-32-23-6-3-4-7-24(23)34-20/h3-4,6-9,14-15,20H,5,10-13,16-17H2,1-2H3. The number of ether oxygens (including phenoxy) is 4. The summed E-state index contributed by atoms with van der Waals surface area (Å²) < 4.78 is 25.2.